The highest BCUT2D eigenvalue weighted by molar-refractivity contribution is 6.03. The molecule has 0 saturated heterocycles. The second-order valence-corrected chi connectivity index (χ2v) is 4.45. The molecule has 0 spiro atoms. The fourth-order valence-electron chi connectivity index (χ4n) is 2.27. The molecule has 0 radical (unpaired) electrons. The maximum atomic E-state index is 9.16. The SMILES string of the molecule is CCc1nnc(N(CCO)CCO)c(C(N)=NO)c1CC. The minimum atomic E-state index is -0.103. The molecule has 1 aromatic heterocycles. The van der Waals surface area contributed by atoms with Gasteiger partial charge < -0.3 is 26.1 Å². The van der Waals surface area contributed by atoms with Crippen LogP contribution < -0.4 is 10.6 Å². The van der Waals surface area contributed by atoms with Crippen molar-refractivity contribution in [3.8, 4) is 0 Å². The first-order chi connectivity index (χ1) is 10.1. The fraction of sp³-hybridized carbons (Fsp3) is 0.615. The summed E-state index contributed by atoms with van der Waals surface area (Å²) in [6, 6.07) is 0. The Morgan fingerprint density at radius 1 is 1.14 bits per heavy atom. The molecule has 0 saturated carbocycles. The van der Waals surface area contributed by atoms with Crippen molar-refractivity contribution in [2.45, 2.75) is 26.7 Å². The highest BCUT2D eigenvalue weighted by Crippen LogP contribution is 2.23. The molecule has 21 heavy (non-hydrogen) atoms. The van der Waals surface area contributed by atoms with Crippen LogP contribution in [0, 0.1) is 0 Å². The molecular weight excluding hydrogens is 274 g/mol. The lowest BCUT2D eigenvalue weighted by Gasteiger charge is -2.25. The van der Waals surface area contributed by atoms with E-state index in [0.717, 1.165) is 11.3 Å². The topological polar surface area (TPSA) is 128 Å². The predicted octanol–water partition coefficient (Wildman–Crippen LogP) is -0.513. The van der Waals surface area contributed by atoms with Gasteiger partial charge in [0, 0.05) is 13.1 Å². The number of hydrogen-bond acceptors (Lipinski definition) is 7. The largest absolute Gasteiger partial charge is 0.409 e. The predicted molar refractivity (Wildman–Crippen MR) is 79.7 cm³/mol. The second-order valence-electron chi connectivity index (χ2n) is 4.45. The summed E-state index contributed by atoms with van der Waals surface area (Å²) in [5.74, 6) is 0.356. The van der Waals surface area contributed by atoms with E-state index in [1.54, 1.807) is 4.90 Å². The summed E-state index contributed by atoms with van der Waals surface area (Å²) in [6.07, 6.45) is 1.34. The van der Waals surface area contributed by atoms with Crippen LogP contribution in [0.15, 0.2) is 5.16 Å². The van der Waals surface area contributed by atoms with Gasteiger partial charge in [-0.1, -0.05) is 19.0 Å². The molecule has 0 aliphatic carbocycles. The molecule has 8 heteroatoms. The molecule has 0 atom stereocenters. The lowest BCUT2D eigenvalue weighted by Crippen LogP contribution is -2.34. The van der Waals surface area contributed by atoms with Gasteiger partial charge in [0.2, 0.25) is 0 Å². The molecule has 1 rings (SSSR count). The van der Waals surface area contributed by atoms with Gasteiger partial charge in [-0.2, -0.15) is 5.10 Å². The Balaban J connectivity index is 3.49. The zero-order valence-electron chi connectivity index (χ0n) is 12.5. The Morgan fingerprint density at radius 2 is 1.76 bits per heavy atom. The van der Waals surface area contributed by atoms with Crippen molar-refractivity contribution in [3.05, 3.63) is 16.8 Å². The molecule has 0 fully saturated rings. The smallest absolute Gasteiger partial charge is 0.174 e. The number of aromatic nitrogens is 2. The molecule has 1 aromatic rings. The van der Waals surface area contributed by atoms with Gasteiger partial charge in [-0.05, 0) is 18.4 Å². The fourth-order valence-corrected chi connectivity index (χ4v) is 2.27. The molecule has 8 nitrogen and oxygen atoms in total. The minimum absolute atomic E-state index is 0.0488. The van der Waals surface area contributed by atoms with E-state index in [1.165, 1.54) is 0 Å². The van der Waals surface area contributed by atoms with Gasteiger partial charge in [0.25, 0.3) is 0 Å². The van der Waals surface area contributed by atoms with E-state index in [2.05, 4.69) is 15.4 Å². The van der Waals surface area contributed by atoms with Crippen LogP contribution in [-0.4, -0.2) is 57.8 Å². The average Bonchev–Trinajstić information content (AvgIpc) is 2.52. The molecule has 0 bridgehead atoms. The number of hydrogen-bond donors (Lipinski definition) is 4. The highest BCUT2D eigenvalue weighted by atomic mass is 16.4. The van der Waals surface area contributed by atoms with Crippen molar-refractivity contribution in [3.63, 3.8) is 0 Å². The molecule has 0 unspecified atom stereocenters. The first kappa shape index (κ1) is 17.1. The summed E-state index contributed by atoms with van der Waals surface area (Å²) in [6.45, 7) is 4.25. The van der Waals surface area contributed by atoms with Gasteiger partial charge in [-0.15, -0.1) is 5.10 Å². The second kappa shape index (κ2) is 8.38. The monoisotopic (exact) mass is 297 g/mol. The number of oxime groups is 1. The maximum absolute atomic E-state index is 9.16. The van der Waals surface area contributed by atoms with Gasteiger partial charge in [0.05, 0.1) is 24.5 Å². The molecular formula is C13H23N5O3. The van der Waals surface area contributed by atoms with E-state index in [1.807, 2.05) is 13.8 Å². The van der Waals surface area contributed by atoms with Gasteiger partial charge >= 0.3 is 0 Å². The van der Waals surface area contributed by atoms with E-state index in [9.17, 15) is 0 Å². The first-order valence-electron chi connectivity index (χ1n) is 6.97. The molecule has 0 amide bonds. The van der Waals surface area contributed by atoms with Gasteiger partial charge in [0.1, 0.15) is 0 Å². The van der Waals surface area contributed by atoms with Gasteiger partial charge in [-0.3, -0.25) is 0 Å². The zero-order valence-corrected chi connectivity index (χ0v) is 12.5. The summed E-state index contributed by atoms with van der Waals surface area (Å²) >= 11 is 0. The van der Waals surface area contributed by atoms with Crippen molar-refractivity contribution in [1.29, 1.82) is 0 Å². The summed E-state index contributed by atoms with van der Waals surface area (Å²) in [5, 5.41) is 38.8. The zero-order chi connectivity index (χ0) is 15.8. The van der Waals surface area contributed by atoms with Crippen LogP contribution in [0.4, 0.5) is 5.82 Å². The van der Waals surface area contributed by atoms with Crippen molar-refractivity contribution in [2.75, 3.05) is 31.2 Å². The molecule has 0 aliphatic heterocycles. The van der Waals surface area contributed by atoms with Crippen LogP contribution in [0.1, 0.15) is 30.7 Å². The van der Waals surface area contributed by atoms with E-state index < -0.39 is 0 Å². The molecule has 0 aliphatic rings. The van der Waals surface area contributed by atoms with Crippen LogP contribution in [0.5, 0.6) is 0 Å². The van der Waals surface area contributed by atoms with Gasteiger partial charge in [0.15, 0.2) is 11.7 Å². The summed E-state index contributed by atoms with van der Waals surface area (Å²) in [5.41, 5.74) is 7.96. The minimum Gasteiger partial charge on any atom is -0.409 e. The Morgan fingerprint density at radius 3 is 2.19 bits per heavy atom. The summed E-state index contributed by atoms with van der Waals surface area (Å²) < 4.78 is 0. The Kier molecular flexibility index (Phi) is 6.83. The van der Waals surface area contributed by atoms with Crippen LogP contribution >= 0.6 is 0 Å². The summed E-state index contributed by atoms with van der Waals surface area (Å²) in [7, 11) is 0. The van der Waals surface area contributed by atoms with E-state index in [0.29, 0.717) is 24.2 Å². The number of nitrogens with two attached hydrogens (primary N) is 1. The van der Waals surface area contributed by atoms with E-state index >= 15 is 0 Å². The van der Waals surface area contributed by atoms with Gasteiger partial charge in [-0.25, -0.2) is 0 Å². The number of aliphatic hydroxyl groups excluding tert-OH is 2. The third-order valence-corrected chi connectivity index (χ3v) is 3.23. The number of aliphatic hydroxyl groups is 2. The third-order valence-electron chi connectivity index (χ3n) is 3.23. The van der Waals surface area contributed by atoms with E-state index in [-0.39, 0.29) is 32.1 Å². The molecule has 118 valence electrons. The Labute approximate surface area is 123 Å². The van der Waals surface area contributed by atoms with Crippen LogP contribution in [0.3, 0.4) is 0 Å². The lowest BCUT2D eigenvalue weighted by atomic mass is 10.0. The van der Waals surface area contributed by atoms with Crippen LogP contribution in [0.25, 0.3) is 0 Å². The quantitative estimate of drug-likeness (QED) is 0.220. The maximum Gasteiger partial charge on any atom is 0.174 e. The molecule has 1 heterocycles. The number of anilines is 1. The van der Waals surface area contributed by atoms with Crippen molar-refractivity contribution >= 4 is 11.7 Å². The number of amidine groups is 1. The van der Waals surface area contributed by atoms with E-state index in [4.69, 9.17) is 21.2 Å². The summed E-state index contributed by atoms with van der Waals surface area (Å²) in [4.78, 5) is 1.67. The average molecular weight is 297 g/mol. The van der Waals surface area contributed by atoms with Crippen LogP contribution in [0.2, 0.25) is 0 Å². The Bertz CT molecular complexity index is 487. The Hall–Kier alpha value is -1.93. The van der Waals surface area contributed by atoms with Crippen LogP contribution in [-0.2, 0) is 12.8 Å². The number of nitrogens with zero attached hydrogens (tertiary/aromatic N) is 4. The highest BCUT2D eigenvalue weighted by Gasteiger charge is 2.22. The first-order valence-corrected chi connectivity index (χ1v) is 6.97. The van der Waals surface area contributed by atoms with Crippen molar-refractivity contribution < 1.29 is 15.4 Å². The lowest BCUT2D eigenvalue weighted by molar-refractivity contribution is 0.280. The normalized spacial score (nSPS) is 11.7. The molecule has 0 aromatic carbocycles. The number of aryl methyl sites for hydroxylation is 1. The van der Waals surface area contributed by atoms with Crippen molar-refractivity contribution in [2.24, 2.45) is 10.9 Å². The standard InChI is InChI=1S/C13H23N5O3/c1-3-9-10(4-2)15-16-13(11(9)12(14)17-21)18(5-7-19)6-8-20/h19-21H,3-8H2,1-2H3,(H2,14,17). The molecule has 5 N–H and O–H groups in total. The number of rotatable bonds is 8. The third kappa shape index (κ3) is 3.79. The van der Waals surface area contributed by atoms with Crippen molar-refractivity contribution in [1.82, 2.24) is 10.2 Å².